The van der Waals surface area contributed by atoms with Gasteiger partial charge in [0, 0.05) is 5.02 Å². The Morgan fingerprint density at radius 1 is 1.45 bits per heavy atom. The fourth-order valence-electron chi connectivity index (χ4n) is 2.30. The molecule has 1 aromatic rings. The molecular weight excluding hydrogens is 306 g/mol. The molecule has 1 amide bonds. The van der Waals surface area contributed by atoms with Crippen LogP contribution in [0.4, 0.5) is 5.69 Å². The lowest BCUT2D eigenvalue weighted by atomic mass is 10.0. The summed E-state index contributed by atoms with van der Waals surface area (Å²) in [6, 6.07) is 4.25. The first-order valence-electron chi connectivity index (χ1n) is 7.26. The Morgan fingerprint density at radius 2 is 2.14 bits per heavy atom. The molecule has 0 bridgehead atoms. The molecule has 1 aromatic carbocycles. The van der Waals surface area contributed by atoms with Gasteiger partial charge in [-0.1, -0.05) is 18.5 Å². The van der Waals surface area contributed by atoms with Gasteiger partial charge in [-0.15, -0.1) is 0 Å². The van der Waals surface area contributed by atoms with Crippen LogP contribution in [0.2, 0.25) is 5.02 Å². The molecule has 1 atom stereocenters. The monoisotopic (exact) mass is 325 g/mol. The third-order valence-corrected chi connectivity index (χ3v) is 3.69. The van der Waals surface area contributed by atoms with Crippen molar-refractivity contribution >= 4 is 29.2 Å². The molecule has 6 heteroatoms. The van der Waals surface area contributed by atoms with E-state index in [-0.39, 0.29) is 5.91 Å². The van der Waals surface area contributed by atoms with Crippen molar-refractivity contribution in [1.82, 2.24) is 0 Å². The zero-order chi connectivity index (χ0) is 16.5. The number of hydrogen-bond donors (Lipinski definition) is 0. The van der Waals surface area contributed by atoms with E-state index >= 15 is 0 Å². The van der Waals surface area contributed by atoms with Crippen LogP contribution >= 0.6 is 11.6 Å². The van der Waals surface area contributed by atoms with Crippen LogP contribution in [0.25, 0.3) is 0 Å². The summed E-state index contributed by atoms with van der Waals surface area (Å²) in [5.41, 5.74) is -0.571. The van der Waals surface area contributed by atoms with Gasteiger partial charge in [0.25, 0.3) is 5.91 Å². The molecule has 0 aliphatic carbocycles. The average Bonchev–Trinajstić information content (AvgIpc) is 2.46. The van der Waals surface area contributed by atoms with Crippen molar-refractivity contribution in [3.05, 3.63) is 23.2 Å². The molecule has 1 aliphatic rings. The minimum absolute atomic E-state index is 0.303. The molecule has 0 aromatic heterocycles. The van der Waals surface area contributed by atoms with Gasteiger partial charge in [0.1, 0.15) is 11.8 Å². The highest BCUT2D eigenvalue weighted by Crippen LogP contribution is 2.40. The second kappa shape index (κ2) is 6.16. The van der Waals surface area contributed by atoms with E-state index in [0.717, 1.165) is 6.42 Å². The number of rotatable bonds is 4. The lowest BCUT2D eigenvalue weighted by molar-refractivity contribution is -0.147. The van der Waals surface area contributed by atoms with Gasteiger partial charge in [-0.25, -0.2) is 4.79 Å². The van der Waals surface area contributed by atoms with Crippen molar-refractivity contribution in [2.24, 2.45) is 0 Å². The summed E-state index contributed by atoms with van der Waals surface area (Å²) in [5.74, 6) is -0.230. The topological polar surface area (TPSA) is 55.8 Å². The maximum Gasteiger partial charge on any atom is 0.328 e. The molecule has 0 saturated heterocycles. The number of ether oxygens (including phenoxy) is 2. The Labute approximate surface area is 135 Å². The number of hydrogen-bond acceptors (Lipinski definition) is 4. The van der Waals surface area contributed by atoms with Crippen molar-refractivity contribution in [2.75, 3.05) is 11.5 Å². The second-order valence-electron chi connectivity index (χ2n) is 5.74. The Hall–Kier alpha value is -1.75. The third-order valence-electron chi connectivity index (χ3n) is 3.46. The van der Waals surface area contributed by atoms with Gasteiger partial charge in [0.2, 0.25) is 0 Å². The summed E-state index contributed by atoms with van der Waals surface area (Å²) >= 11 is 6.02. The first-order valence-corrected chi connectivity index (χ1v) is 7.64. The minimum Gasteiger partial charge on any atom is -0.476 e. The molecule has 0 spiro atoms. The SMILES string of the molecule is CCCOC(=O)C(C)N1C(=O)C(C)(C)Oc2ccc(Cl)cc21. The molecule has 0 radical (unpaired) electrons. The average molecular weight is 326 g/mol. The fourth-order valence-corrected chi connectivity index (χ4v) is 2.46. The highest BCUT2D eigenvalue weighted by molar-refractivity contribution is 6.31. The van der Waals surface area contributed by atoms with E-state index in [4.69, 9.17) is 21.1 Å². The zero-order valence-electron chi connectivity index (χ0n) is 13.2. The summed E-state index contributed by atoms with van der Waals surface area (Å²) in [5, 5.41) is 0.467. The number of benzene rings is 1. The molecule has 0 fully saturated rings. The maximum atomic E-state index is 12.7. The van der Waals surface area contributed by atoms with Crippen LogP contribution < -0.4 is 9.64 Å². The van der Waals surface area contributed by atoms with Crippen LogP contribution in [0, 0.1) is 0 Å². The normalized spacial score (nSPS) is 17.5. The summed E-state index contributed by atoms with van der Waals surface area (Å²) < 4.78 is 10.9. The first-order chi connectivity index (χ1) is 10.3. The number of fused-ring (bicyclic) bond motifs is 1. The third kappa shape index (κ3) is 3.04. The van der Waals surface area contributed by atoms with Gasteiger partial charge in [0.05, 0.1) is 12.3 Å². The largest absolute Gasteiger partial charge is 0.476 e. The summed E-state index contributed by atoms with van der Waals surface area (Å²) in [6.07, 6.45) is 0.726. The molecule has 1 aliphatic heterocycles. The lowest BCUT2D eigenvalue weighted by Crippen LogP contribution is -2.57. The van der Waals surface area contributed by atoms with Gasteiger partial charge in [-0.05, 0) is 45.4 Å². The number of esters is 1. The van der Waals surface area contributed by atoms with Crippen LogP contribution in [0.1, 0.15) is 34.1 Å². The number of anilines is 1. The van der Waals surface area contributed by atoms with Crippen LogP contribution in [0.15, 0.2) is 18.2 Å². The zero-order valence-corrected chi connectivity index (χ0v) is 13.9. The second-order valence-corrected chi connectivity index (χ2v) is 6.18. The van der Waals surface area contributed by atoms with E-state index in [0.29, 0.717) is 23.1 Å². The van der Waals surface area contributed by atoms with Crippen LogP contribution in [0.3, 0.4) is 0 Å². The summed E-state index contributed by atoms with van der Waals surface area (Å²) in [4.78, 5) is 26.3. The Kier molecular flexibility index (Phi) is 4.66. The highest BCUT2D eigenvalue weighted by atomic mass is 35.5. The van der Waals surface area contributed by atoms with E-state index in [2.05, 4.69) is 0 Å². The Balaban J connectivity index is 2.42. The Bertz CT molecular complexity index is 600. The Morgan fingerprint density at radius 3 is 2.77 bits per heavy atom. The van der Waals surface area contributed by atoms with Crippen molar-refractivity contribution in [3.8, 4) is 5.75 Å². The number of halogens is 1. The molecule has 0 N–H and O–H groups in total. The van der Waals surface area contributed by atoms with Gasteiger partial charge in [-0.3, -0.25) is 9.69 Å². The predicted octanol–water partition coefficient (Wildman–Crippen LogP) is 3.19. The molecule has 5 nitrogen and oxygen atoms in total. The molecular formula is C16H20ClNO4. The van der Waals surface area contributed by atoms with Gasteiger partial charge >= 0.3 is 5.97 Å². The number of amides is 1. The van der Waals surface area contributed by atoms with E-state index < -0.39 is 17.6 Å². The summed E-state index contributed by atoms with van der Waals surface area (Å²) in [7, 11) is 0. The van der Waals surface area contributed by atoms with Crippen molar-refractivity contribution in [1.29, 1.82) is 0 Å². The van der Waals surface area contributed by atoms with Crippen molar-refractivity contribution in [3.63, 3.8) is 0 Å². The smallest absolute Gasteiger partial charge is 0.328 e. The summed E-state index contributed by atoms with van der Waals surface area (Å²) in [6.45, 7) is 7.22. The predicted molar refractivity (Wildman–Crippen MR) is 84.4 cm³/mol. The van der Waals surface area contributed by atoms with E-state index in [9.17, 15) is 9.59 Å². The quantitative estimate of drug-likeness (QED) is 0.798. The highest BCUT2D eigenvalue weighted by Gasteiger charge is 2.44. The molecule has 120 valence electrons. The lowest BCUT2D eigenvalue weighted by Gasteiger charge is -2.40. The van der Waals surface area contributed by atoms with E-state index in [1.165, 1.54) is 4.90 Å². The van der Waals surface area contributed by atoms with Gasteiger partial charge in [0.15, 0.2) is 5.60 Å². The van der Waals surface area contributed by atoms with Gasteiger partial charge in [-0.2, -0.15) is 0 Å². The molecule has 0 saturated carbocycles. The number of nitrogens with zero attached hydrogens (tertiary/aromatic N) is 1. The van der Waals surface area contributed by atoms with E-state index in [1.807, 2.05) is 6.92 Å². The number of carbonyl (C=O) groups excluding carboxylic acids is 2. The number of carbonyl (C=O) groups is 2. The first kappa shape index (κ1) is 16.6. The standard InChI is InChI=1S/C16H20ClNO4/c1-5-8-21-14(19)10(2)18-12-9-11(17)6-7-13(12)22-16(3,4)15(18)20/h6-7,9-10H,5,8H2,1-4H3. The van der Waals surface area contributed by atoms with E-state index in [1.54, 1.807) is 39.0 Å². The van der Waals surface area contributed by atoms with Gasteiger partial charge < -0.3 is 9.47 Å². The van der Waals surface area contributed by atoms with Crippen molar-refractivity contribution < 1.29 is 19.1 Å². The maximum absolute atomic E-state index is 12.7. The van der Waals surface area contributed by atoms with Crippen molar-refractivity contribution in [2.45, 2.75) is 45.8 Å². The molecule has 1 unspecified atom stereocenters. The molecule has 1 heterocycles. The van der Waals surface area contributed by atoms with Crippen LogP contribution in [0.5, 0.6) is 5.75 Å². The minimum atomic E-state index is -1.06. The van der Waals surface area contributed by atoms with Crippen LogP contribution in [-0.4, -0.2) is 30.1 Å². The molecule has 2 rings (SSSR count). The molecule has 22 heavy (non-hydrogen) atoms. The van der Waals surface area contributed by atoms with Crippen LogP contribution in [-0.2, 0) is 14.3 Å². The fraction of sp³-hybridized carbons (Fsp3) is 0.500.